The van der Waals surface area contributed by atoms with Crippen LogP contribution in [0.3, 0.4) is 0 Å². The van der Waals surface area contributed by atoms with Gasteiger partial charge < -0.3 is 9.84 Å². The van der Waals surface area contributed by atoms with Crippen molar-refractivity contribution in [2.45, 2.75) is 56.4 Å². The highest BCUT2D eigenvalue weighted by molar-refractivity contribution is 7.99. The van der Waals surface area contributed by atoms with Gasteiger partial charge in [-0.05, 0) is 49.5 Å². The maximum atomic E-state index is 12.2. The third-order valence-corrected chi connectivity index (χ3v) is 5.19. The van der Waals surface area contributed by atoms with Crippen LogP contribution in [0.5, 0.6) is 0 Å². The smallest absolute Gasteiger partial charge is 0.389 e. The van der Waals surface area contributed by atoms with Gasteiger partial charge in [0.1, 0.15) is 0 Å². The van der Waals surface area contributed by atoms with Crippen LogP contribution in [0.2, 0.25) is 0 Å². The quantitative estimate of drug-likeness (QED) is 0.866. The summed E-state index contributed by atoms with van der Waals surface area (Å²) in [7, 11) is 0. The Morgan fingerprint density at radius 1 is 1.32 bits per heavy atom. The molecule has 2 aliphatic rings. The molecule has 2 atom stereocenters. The number of rotatable bonds is 3. The highest BCUT2D eigenvalue weighted by atomic mass is 32.2. The molecule has 6 heteroatoms. The number of thioether (sulfide) groups is 1. The number of aliphatic hydroxyl groups is 1. The highest BCUT2D eigenvalue weighted by Crippen LogP contribution is 2.41. The molecule has 0 aliphatic carbocycles. The number of hydrogen-bond donors (Lipinski definition) is 1. The maximum absolute atomic E-state index is 12.2. The zero-order chi connectivity index (χ0) is 13.9. The Hall–Kier alpha value is 0.0600. The van der Waals surface area contributed by atoms with Crippen molar-refractivity contribution in [3.8, 4) is 0 Å². The molecule has 0 aromatic rings. The molecule has 2 heterocycles. The van der Waals surface area contributed by atoms with Crippen molar-refractivity contribution in [1.29, 1.82) is 0 Å². The lowest BCUT2D eigenvalue weighted by atomic mass is 9.78. The van der Waals surface area contributed by atoms with Crippen LogP contribution >= 0.6 is 11.8 Å². The zero-order valence-electron chi connectivity index (χ0n) is 10.9. The third-order valence-electron chi connectivity index (χ3n) is 4.20. The van der Waals surface area contributed by atoms with E-state index >= 15 is 0 Å². The van der Waals surface area contributed by atoms with E-state index in [4.69, 9.17) is 4.74 Å². The van der Waals surface area contributed by atoms with E-state index in [1.165, 1.54) is 0 Å². The van der Waals surface area contributed by atoms with Crippen molar-refractivity contribution >= 4 is 11.8 Å². The minimum absolute atomic E-state index is 0.0424. The molecular formula is C13H21F3O2S. The van der Waals surface area contributed by atoms with Crippen LogP contribution in [0.25, 0.3) is 0 Å². The molecule has 0 radical (unpaired) electrons. The monoisotopic (exact) mass is 298 g/mol. The van der Waals surface area contributed by atoms with Gasteiger partial charge in [-0.1, -0.05) is 0 Å². The van der Waals surface area contributed by atoms with Gasteiger partial charge in [-0.3, -0.25) is 0 Å². The van der Waals surface area contributed by atoms with Crippen molar-refractivity contribution in [2.24, 2.45) is 5.92 Å². The predicted octanol–water partition coefficient (Wildman–Crippen LogP) is 3.38. The van der Waals surface area contributed by atoms with Gasteiger partial charge in [0.2, 0.25) is 0 Å². The standard InChI is InChI=1S/C13H21F3O2S/c14-13(15,16)3-1-11(17)10-2-6-18-12(9-10)4-7-19-8-5-12/h10-11,17H,1-9H2. The SMILES string of the molecule is OC(CCC(F)(F)F)C1CCOC2(CCSCC2)C1. The Kier molecular flexibility index (Phi) is 5.06. The highest BCUT2D eigenvalue weighted by Gasteiger charge is 2.41. The minimum Gasteiger partial charge on any atom is -0.393 e. The normalized spacial score (nSPS) is 29.4. The third kappa shape index (κ3) is 4.53. The first-order valence-electron chi connectivity index (χ1n) is 6.87. The average molecular weight is 298 g/mol. The van der Waals surface area contributed by atoms with E-state index in [9.17, 15) is 18.3 Å². The van der Waals surface area contributed by atoms with E-state index in [1.54, 1.807) is 0 Å². The fourth-order valence-corrected chi connectivity index (χ4v) is 4.27. The van der Waals surface area contributed by atoms with Gasteiger partial charge in [0.15, 0.2) is 0 Å². The largest absolute Gasteiger partial charge is 0.393 e. The van der Waals surface area contributed by atoms with Crippen LogP contribution in [-0.4, -0.2) is 41.1 Å². The van der Waals surface area contributed by atoms with Gasteiger partial charge in [-0.15, -0.1) is 0 Å². The van der Waals surface area contributed by atoms with Crippen molar-refractivity contribution < 1.29 is 23.0 Å². The molecule has 2 nitrogen and oxygen atoms in total. The molecule has 0 aromatic carbocycles. The Labute approximate surface area is 116 Å². The summed E-state index contributed by atoms with van der Waals surface area (Å²) in [5.74, 6) is 2.05. The molecule has 2 saturated heterocycles. The van der Waals surface area contributed by atoms with Crippen LogP contribution in [-0.2, 0) is 4.74 Å². The first-order valence-corrected chi connectivity index (χ1v) is 8.02. The van der Waals surface area contributed by atoms with Crippen molar-refractivity contribution in [3.63, 3.8) is 0 Å². The lowest BCUT2D eigenvalue weighted by molar-refractivity contribution is -0.149. The van der Waals surface area contributed by atoms with E-state index in [0.29, 0.717) is 19.4 Å². The summed E-state index contributed by atoms with van der Waals surface area (Å²) >= 11 is 1.89. The molecule has 1 spiro atoms. The molecule has 0 saturated carbocycles. The number of ether oxygens (including phenoxy) is 1. The Bertz CT molecular complexity index is 285. The van der Waals surface area contributed by atoms with Crippen molar-refractivity contribution in [3.05, 3.63) is 0 Å². The second kappa shape index (κ2) is 6.22. The van der Waals surface area contributed by atoms with Crippen molar-refractivity contribution in [1.82, 2.24) is 0 Å². The number of hydrogen-bond acceptors (Lipinski definition) is 3. The molecule has 1 N–H and O–H groups in total. The van der Waals surface area contributed by atoms with Gasteiger partial charge in [-0.25, -0.2) is 0 Å². The molecule has 2 fully saturated rings. The second-order valence-corrected chi connectivity index (χ2v) is 6.84. The number of alkyl halides is 3. The van der Waals surface area contributed by atoms with Crippen LogP contribution in [0.1, 0.15) is 38.5 Å². The molecule has 2 rings (SSSR count). The fourth-order valence-electron chi connectivity index (χ4n) is 3.03. The summed E-state index contributed by atoms with van der Waals surface area (Å²) in [6.45, 7) is 0.568. The van der Waals surface area contributed by atoms with E-state index < -0.39 is 18.7 Å². The lowest BCUT2D eigenvalue weighted by Gasteiger charge is -2.44. The van der Waals surface area contributed by atoms with Gasteiger partial charge in [0.25, 0.3) is 0 Å². The molecule has 2 unspecified atom stereocenters. The van der Waals surface area contributed by atoms with Gasteiger partial charge in [-0.2, -0.15) is 24.9 Å². The maximum Gasteiger partial charge on any atom is 0.389 e. The summed E-state index contributed by atoms with van der Waals surface area (Å²) in [5.41, 5.74) is -0.173. The van der Waals surface area contributed by atoms with Crippen LogP contribution in [0.4, 0.5) is 13.2 Å². The molecule has 0 amide bonds. The van der Waals surface area contributed by atoms with E-state index in [0.717, 1.165) is 24.3 Å². The minimum atomic E-state index is -4.18. The second-order valence-electron chi connectivity index (χ2n) is 5.62. The van der Waals surface area contributed by atoms with Crippen LogP contribution in [0.15, 0.2) is 0 Å². The van der Waals surface area contributed by atoms with Gasteiger partial charge in [0, 0.05) is 13.0 Å². The van der Waals surface area contributed by atoms with E-state index in [1.807, 2.05) is 11.8 Å². The van der Waals surface area contributed by atoms with E-state index in [-0.39, 0.29) is 17.9 Å². The van der Waals surface area contributed by atoms with Crippen LogP contribution < -0.4 is 0 Å². The topological polar surface area (TPSA) is 29.5 Å². The summed E-state index contributed by atoms with van der Waals surface area (Å²) in [5, 5.41) is 9.99. The van der Waals surface area contributed by atoms with Crippen LogP contribution in [0, 0.1) is 5.92 Å². The Morgan fingerprint density at radius 3 is 2.63 bits per heavy atom. The van der Waals surface area contributed by atoms with Gasteiger partial charge >= 0.3 is 6.18 Å². The van der Waals surface area contributed by atoms with E-state index in [2.05, 4.69) is 0 Å². The number of aliphatic hydroxyl groups excluding tert-OH is 1. The Balaban J connectivity index is 1.86. The van der Waals surface area contributed by atoms with Crippen molar-refractivity contribution in [2.75, 3.05) is 18.1 Å². The molecule has 0 bridgehead atoms. The first-order chi connectivity index (χ1) is 8.90. The predicted molar refractivity (Wildman–Crippen MR) is 69.3 cm³/mol. The summed E-state index contributed by atoms with van der Waals surface area (Å²) in [4.78, 5) is 0. The Morgan fingerprint density at radius 2 is 2.00 bits per heavy atom. The summed E-state index contributed by atoms with van der Waals surface area (Å²) in [6, 6.07) is 0. The summed E-state index contributed by atoms with van der Waals surface area (Å²) < 4.78 is 42.5. The zero-order valence-corrected chi connectivity index (χ0v) is 11.7. The van der Waals surface area contributed by atoms with Gasteiger partial charge in [0.05, 0.1) is 11.7 Å². The summed E-state index contributed by atoms with van der Waals surface area (Å²) in [6.07, 6.45) is -2.79. The average Bonchev–Trinajstić information content (AvgIpc) is 2.36. The number of halogens is 3. The fraction of sp³-hybridized carbons (Fsp3) is 1.00. The molecule has 112 valence electrons. The molecule has 19 heavy (non-hydrogen) atoms. The first kappa shape index (κ1) is 15.4. The molecule has 0 aromatic heterocycles. The molecule has 2 aliphatic heterocycles. The molecular weight excluding hydrogens is 277 g/mol. The lowest BCUT2D eigenvalue weighted by Crippen LogP contribution is -2.45.